The molecule has 1 fully saturated rings. The van der Waals surface area contributed by atoms with E-state index < -0.39 is 0 Å². The summed E-state index contributed by atoms with van der Waals surface area (Å²) in [5.74, 6) is 1.71. The lowest BCUT2D eigenvalue weighted by atomic mass is 9.88. The maximum atomic E-state index is 6.34. The average Bonchev–Trinajstić information content (AvgIpc) is 3.02. The van der Waals surface area contributed by atoms with Crippen molar-refractivity contribution in [3.8, 4) is 11.1 Å². The highest BCUT2D eigenvalue weighted by atomic mass is 35.5. The molecule has 1 saturated heterocycles. The van der Waals surface area contributed by atoms with E-state index in [1.807, 2.05) is 0 Å². The molecular formula is C23H26ClN3S. The Morgan fingerprint density at radius 1 is 1.11 bits per heavy atom. The van der Waals surface area contributed by atoms with Crippen LogP contribution in [0.1, 0.15) is 48.6 Å². The normalized spacial score (nSPS) is 19.8. The Kier molecular flexibility index (Phi) is 4.80. The number of rotatable bonds is 2. The predicted molar refractivity (Wildman–Crippen MR) is 120 cm³/mol. The van der Waals surface area contributed by atoms with Crippen LogP contribution < -0.4 is 4.90 Å². The molecule has 28 heavy (non-hydrogen) atoms. The number of benzene rings is 1. The quantitative estimate of drug-likeness (QED) is 0.454. The molecule has 3 nitrogen and oxygen atoms in total. The number of halogens is 1. The van der Waals surface area contributed by atoms with Crippen LogP contribution in [0.3, 0.4) is 0 Å². The van der Waals surface area contributed by atoms with Crippen molar-refractivity contribution >= 4 is 39.0 Å². The lowest BCUT2D eigenvalue weighted by Crippen LogP contribution is -2.35. The summed E-state index contributed by atoms with van der Waals surface area (Å²) < 4.78 is 0. The number of hydrogen-bond donors (Lipinski definition) is 0. The first kappa shape index (κ1) is 18.4. The van der Waals surface area contributed by atoms with E-state index >= 15 is 0 Å². The first-order valence-corrected chi connectivity index (χ1v) is 11.6. The summed E-state index contributed by atoms with van der Waals surface area (Å²) in [5, 5.41) is 1.55. The van der Waals surface area contributed by atoms with Gasteiger partial charge < -0.3 is 4.90 Å². The maximum Gasteiger partial charge on any atom is 0.225 e. The van der Waals surface area contributed by atoms with Gasteiger partial charge in [0.15, 0.2) is 0 Å². The summed E-state index contributed by atoms with van der Waals surface area (Å²) in [6.07, 6.45) is 7.53. The molecule has 5 heteroatoms. The van der Waals surface area contributed by atoms with Crippen LogP contribution in [0.5, 0.6) is 0 Å². The molecule has 146 valence electrons. The van der Waals surface area contributed by atoms with Crippen LogP contribution in [0, 0.1) is 12.8 Å². The Labute approximate surface area is 175 Å². The molecule has 0 bridgehead atoms. The first-order valence-electron chi connectivity index (χ1n) is 10.4. The molecule has 2 aromatic heterocycles. The van der Waals surface area contributed by atoms with Crippen molar-refractivity contribution in [1.29, 1.82) is 0 Å². The monoisotopic (exact) mass is 411 g/mol. The van der Waals surface area contributed by atoms with Gasteiger partial charge in [-0.15, -0.1) is 11.3 Å². The standard InChI is InChI=1S/C23H26ClN3S/c1-14-6-5-11-27(13-14)21-20-19(15(2)28-22(20)26-23(24)25-21)18-10-9-16-7-3-4-8-17(16)12-18/h9-10,12,14H,3-8,11,13H2,1-2H3. The number of thiophene rings is 1. The van der Waals surface area contributed by atoms with Gasteiger partial charge in [0, 0.05) is 23.5 Å². The van der Waals surface area contributed by atoms with E-state index in [2.05, 4.69) is 41.9 Å². The minimum Gasteiger partial charge on any atom is -0.356 e. The first-order chi connectivity index (χ1) is 13.6. The number of aryl methyl sites for hydroxylation is 3. The van der Waals surface area contributed by atoms with Crippen LogP contribution in [-0.4, -0.2) is 23.1 Å². The second kappa shape index (κ2) is 7.31. The van der Waals surface area contributed by atoms with Crippen LogP contribution in [0.2, 0.25) is 5.28 Å². The van der Waals surface area contributed by atoms with Crippen LogP contribution in [0.25, 0.3) is 21.3 Å². The lowest BCUT2D eigenvalue weighted by Gasteiger charge is -2.32. The zero-order chi connectivity index (χ0) is 19.3. The van der Waals surface area contributed by atoms with E-state index in [0.29, 0.717) is 11.2 Å². The van der Waals surface area contributed by atoms with Crippen LogP contribution >= 0.6 is 22.9 Å². The third kappa shape index (κ3) is 3.21. The fourth-order valence-electron chi connectivity index (χ4n) is 4.92. The van der Waals surface area contributed by atoms with E-state index in [-0.39, 0.29) is 0 Å². The number of piperidine rings is 1. The third-order valence-electron chi connectivity index (χ3n) is 6.27. The summed E-state index contributed by atoms with van der Waals surface area (Å²) >= 11 is 8.08. The second-order valence-corrected chi connectivity index (χ2v) is 9.95. The van der Waals surface area contributed by atoms with Crippen molar-refractivity contribution in [1.82, 2.24) is 9.97 Å². The summed E-state index contributed by atoms with van der Waals surface area (Å²) in [6.45, 7) is 6.62. The van der Waals surface area contributed by atoms with Crippen LogP contribution in [0.4, 0.5) is 5.82 Å². The van der Waals surface area contributed by atoms with E-state index in [9.17, 15) is 0 Å². The van der Waals surface area contributed by atoms with Gasteiger partial charge in [0.1, 0.15) is 10.6 Å². The SMILES string of the molecule is Cc1sc2nc(Cl)nc(N3CCCC(C)C3)c2c1-c1ccc2c(c1)CCCC2. The highest BCUT2D eigenvalue weighted by molar-refractivity contribution is 7.19. The molecule has 5 rings (SSSR count). The maximum absolute atomic E-state index is 6.34. The lowest BCUT2D eigenvalue weighted by molar-refractivity contribution is 0.445. The van der Waals surface area contributed by atoms with E-state index in [1.54, 1.807) is 11.3 Å². The number of hydrogen-bond acceptors (Lipinski definition) is 4. The molecule has 3 aromatic rings. The van der Waals surface area contributed by atoms with Crippen LogP contribution in [0.15, 0.2) is 18.2 Å². The number of fused-ring (bicyclic) bond motifs is 2. The van der Waals surface area contributed by atoms with Gasteiger partial charge in [-0.25, -0.2) is 4.98 Å². The van der Waals surface area contributed by atoms with Crippen molar-refractivity contribution < 1.29 is 0 Å². The van der Waals surface area contributed by atoms with Gasteiger partial charge in [0.05, 0.1) is 5.39 Å². The summed E-state index contributed by atoms with van der Waals surface area (Å²) in [7, 11) is 0. The minimum atomic E-state index is 0.360. The Morgan fingerprint density at radius 3 is 2.75 bits per heavy atom. The molecule has 0 N–H and O–H groups in total. The number of anilines is 1. The summed E-state index contributed by atoms with van der Waals surface area (Å²) in [5.41, 5.74) is 5.65. The van der Waals surface area contributed by atoms with Crippen molar-refractivity contribution in [2.45, 2.75) is 52.4 Å². The van der Waals surface area contributed by atoms with E-state index in [4.69, 9.17) is 16.6 Å². The Hall–Kier alpha value is -1.65. The summed E-state index contributed by atoms with van der Waals surface area (Å²) in [4.78, 5) is 14.1. The van der Waals surface area contributed by atoms with Gasteiger partial charge in [-0.3, -0.25) is 0 Å². The zero-order valence-electron chi connectivity index (χ0n) is 16.6. The predicted octanol–water partition coefficient (Wildman–Crippen LogP) is 6.44. The molecule has 0 saturated carbocycles. The molecule has 0 amide bonds. The second-order valence-electron chi connectivity index (χ2n) is 8.41. The highest BCUT2D eigenvalue weighted by Crippen LogP contribution is 2.43. The topological polar surface area (TPSA) is 29.0 Å². The van der Waals surface area contributed by atoms with Gasteiger partial charge in [-0.1, -0.05) is 25.1 Å². The van der Waals surface area contributed by atoms with Crippen molar-refractivity contribution in [3.63, 3.8) is 0 Å². The fraction of sp³-hybridized carbons (Fsp3) is 0.478. The fourth-order valence-corrected chi connectivity index (χ4v) is 6.17. The molecule has 3 heterocycles. The molecule has 2 aliphatic rings. The van der Waals surface area contributed by atoms with Crippen molar-refractivity contribution in [3.05, 3.63) is 39.5 Å². The van der Waals surface area contributed by atoms with E-state index in [0.717, 1.165) is 23.7 Å². The Bertz CT molecular complexity index is 1040. The van der Waals surface area contributed by atoms with Gasteiger partial charge in [0.2, 0.25) is 5.28 Å². The van der Waals surface area contributed by atoms with Gasteiger partial charge in [-0.05, 0) is 79.7 Å². The molecule has 1 aliphatic heterocycles. The van der Waals surface area contributed by atoms with Crippen LogP contribution in [-0.2, 0) is 12.8 Å². The Balaban J connectivity index is 1.70. The molecule has 0 radical (unpaired) electrons. The summed E-state index contributed by atoms with van der Waals surface area (Å²) in [6, 6.07) is 7.06. The Morgan fingerprint density at radius 2 is 1.93 bits per heavy atom. The van der Waals surface area contributed by atoms with E-state index in [1.165, 1.54) is 71.0 Å². The molecule has 1 atom stereocenters. The largest absolute Gasteiger partial charge is 0.356 e. The zero-order valence-corrected chi connectivity index (χ0v) is 18.2. The van der Waals surface area contributed by atoms with Gasteiger partial charge in [0.25, 0.3) is 0 Å². The van der Waals surface area contributed by atoms with Crippen molar-refractivity contribution in [2.75, 3.05) is 18.0 Å². The number of nitrogens with zero attached hydrogens (tertiary/aromatic N) is 3. The molecule has 1 aromatic carbocycles. The van der Waals surface area contributed by atoms with Gasteiger partial charge >= 0.3 is 0 Å². The van der Waals surface area contributed by atoms with Gasteiger partial charge in [-0.2, -0.15) is 4.98 Å². The average molecular weight is 412 g/mol. The molecule has 0 spiro atoms. The number of aromatic nitrogens is 2. The minimum absolute atomic E-state index is 0.360. The molecule has 1 unspecified atom stereocenters. The van der Waals surface area contributed by atoms with Crippen molar-refractivity contribution in [2.24, 2.45) is 5.92 Å². The highest BCUT2D eigenvalue weighted by Gasteiger charge is 2.25. The smallest absolute Gasteiger partial charge is 0.225 e. The third-order valence-corrected chi connectivity index (χ3v) is 7.44. The molecular weight excluding hydrogens is 386 g/mol. The molecule has 1 aliphatic carbocycles.